The topological polar surface area (TPSA) is 73.9 Å². The van der Waals surface area contributed by atoms with Crippen molar-refractivity contribution < 1.29 is 28.2 Å². The van der Waals surface area contributed by atoms with Gasteiger partial charge in [0, 0.05) is 5.69 Å². The lowest BCUT2D eigenvalue weighted by atomic mass is 10.0. The van der Waals surface area contributed by atoms with Crippen LogP contribution in [0.3, 0.4) is 0 Å². The fourth-order valence-corrected chi connectivity index (χ4v) is 4.30. The van der Waals surface area contributed by atoms with Crippen molar-refractivity contribution in [3.05, 3.63) is 54.6 Å². The quantitative estimate of drug-likeness (QED) is 0.0972. The Bertz CT molecular complexity index is 937. The lowest BCUT2D eigenvalue weighted by Gasteiger charge is -2.22. The number of esters is 1. The number of anilines is 1. The summed E-state index contributed by atoms with van der Waals surface area (Å²) in [6.45, 7) is 2.88. The number of carbonyl (C=O) groups excluding carboxylic acids is 2. The Labute approximate surface area is 233 Å². The zero-order chi connectivity index (χ0) is 28.2. The van der Waals surface area contributed by atoms with Gasteiger partial charge in [-0.25, -0.2) is 4.79 Å². The number of ether oxygens (including phenoxy) is 3. The molecular formula is C32H46FNO5. The monoisotopic (exact) mass is 543 g/mol. The molecule has 6 nitrogen and oxygen atoms in total. The Kier molecular flexibility index (Phi) is 15.7. The number of alkyl halides is 1. The van der Waals surface area contributed by atoms with E-state index in [9.17, 15) is 9.59 Å². The molecule has 2 aromatic carbocycles. The van der Waals surface area contributed by atoms with E-state index in [0.717, 1.165) is 20.0 Å². The third-order valence-electron chi connectivity index (χ3n) is 6.62. The minimum atomic E-state index is -3.33. The molecule has 0 bridgehead atoms. The van der Waals surface area contributed by atoms with Crippen LogP contribution in [0.25, 0.3) is 0 Å². The molecule has 0 radical (unpaired) electrons. The van der Waals surface area contributed by atoms with Crippen LogP contribution in [0.2, 0.25) is 0 Å². The highest BCUT2D eigenvalue weighted by atomic mass is 19.2. The Morgan fingerprint density at radius 3 is 1.74 bits per heavy atom. The van der Waals surface area contributed by atoms with Crippen LogP contribution >= 0.6 is 0 Å². The molecule has 0 saturated carbocycles. The van der Waals surface area contributed by atoms with Gasteiger partial charge in [0.2, 0.25) is 0 Å². The number of para-hydroxylation sites is 1. The zero-order valence-corrected chi connectivity index (χ0v) is 23.7. The van der Waals surface area contributed by atoms with Crippen molar-refractivity contribution in [3.8, 4) is 11.5 Å². The third kappa shape index (κ3) is 12.5. The van der Waals surface area contributed by atoms with E-state index in [2.05, 4.69) is 17.0 Å². The van der Waals surface area contributed by atoms with Gasteiger partial charge in [-0.3, -0.25) is 4.79 Å². The van der Waals surface area contributed by atoms with Gasteiger partial charge in [0.1, 0.15) is 11.5 Å². The molecule has 0 spiro atoms. The number of unbranched alkanes of at least 4 members (excludes halogenated alkanes) is 13. The van der Waals surface area contributed by atoms with Crippen LogP contribution in [0, 0.1) is 0 Å². The first-order valence-electron chi connectivity index (χ1n) is 14.5. The summed E-state index contributed by atoms with van der Waals surface area (Å²) < 4.78 is 30.7. The fourth-order valence-electron chi connectivity index (χ4n) is 4.30. The summed E-state index contributed by atoms with van der Waals surface area (Å²) in [6, 6.07) is 14.3. The van der Waals surface area contributed by atoms with Crippen LogP contribution in [0.5, 0.6) is 11.5 Å². The van der Waals surface area contributed by atoms with Gasteiger partial charge in [0.05, 0.1) is 13.7 Å². The van der Waals surface area contributed by atoms with Gasteiger partial charge in [-0.2, -0.15) is 4.39 Å². The van der Waals surface area contributed by atoms with Crippen molar-refractivity contribution in [1.29, 1.82) is 0 Å². The molecule has 2 aromatic rings. The van der Waals surface area contributed by atoms with Gasteiger partial charge in [-0.05, 0) is 42.8 Å². The first-order valence-corrected chi connectivity index (χ1v) is 14.5. The average Bonchev–Trinajstić information content (AvgIpc) is 2.95. The number of amides is 1. The number of halogens is 1. The normalized spacial score (nSPS) is 12.4. The van der Waals surface area contributed by atoms with Gasteiger partial charge in [0.25, 0.3) is 0 Å². The van der Waals surface area contributed by atoms with Crippen molar-refractivity contribution in [2.24, 2.45) is 0 Å². The van der Waals surface area contributed by atoms with E-state index < -0.39 is 17.7 Å². The lowest BCUT2D eigenvalue weighted by Crippen LogP contribution is -2.51. The molecule has 1 unspecified atom stereocenters. The predicted octanol–water partition coefficient (Wildman–Crippen LogP) is 8.40. The third-order valence-corrected chi connectivity index (χ3v) is 6.62. The molecule has 1 atom stereocenters. The van der Waals surface area contributed by atoms with E-state index in [0.29, 0.717) is 18.0 Å². The van der Waals surface area contributed by atoms with Gasteiger partial charge in [-0.1, -0.05) is 109 Å². The molecule has 1 N–H and O–H groups in total. The number of rotatable bonds is 21. The summed E-state index contributed by atoms with van der Waals surface area (Å²) in [5, 5.41) is 2.37. The molecule has 0 aromatic heterocycles. The molecule has 7 heteroatoms. The maximum Gasteiger partial charge on any atom is 0.425 e. The number of carbonyl (C=O) groups is 2. The largest absolute Gasteiger partial charge is 0.494 e. The molecule has 0 fully saturated rings. The van der Waals surface area contributed by atoms with E-state index in [1.807, 2.05) is 0 Å². The van der Waals surface area contributed by atoms with Gasteiger partial charge in [-0.15, -0.1) is 0 Å². The SMILES string of the molecule is CCCCCCCCCCCCCCCCOc1ccc(NC(=O)C(F)(Oc2ccccc2)C(=O)OC)cc1. The Morgan fingerprint density at radius 2 is 1.23 bits per heavy atom. The number of nitrogens with one attached hydrogen (secondary N) is 1. The van der Waals surface area contributed by atoms with Crippen LogP contribution < -0.4 is 14.8 Å². The minimum Gasteiger partial charge on any atom is -0.494 e. The summed E-state index contributed by atoms with van der Waals surface area (Å²) >= 11 is 0. The molecule has 1 amide bonds. The highest BCUT2D eigenvalue weighted by molar-refractivity contribution is 6.10. The Balaban J connectivity index is 1.61. The zero-order valence-electron chi connectivity index (χ0n) is 23.7. The van der Waals surface area contributed by atoms with Crippen molar-refractivity contribution in [2.75, 3.05) is 19.0 Å². The van der Waals surface area contributed by atoms with Gasteiger partial charge >= 0.3 is 17.7 Å². The molecule has 0 aliphatic rings. The van der Waals surface area contributed by atoms with E-state index >= 15 is 4.39 Å². The Hall–Kier alpha value is -3.09. The molecule has 2 rings (SSSR count). The van der Waals surface area contributed by atoms with E-state index in [-0.39, 0.29) is 5.75 Å². The minimum absolute atomic E-state index is 0.0211. The van der Waals surface area contributed by atoms with E-state index in [1.165, 1.54) is 89.2 Å². The summed E-state index contributed by atoms with van der Waals surface area (Å²) in [4.78, 5) is 24.7. The summed E-state index contributed by atoms with van der Waals surface area (Å²) in [5.41, 5.74) is 0.298. The van der Waals surface area contributed by atoms with Gasteiger partial charge < -0.3 is 19.5 Å². The molecule has 39 heavy (non-hydrogen) atoms. The van der Waals surface area contributed by atoms with E-state index in [4.69, 9.17) is 9.47 Å². The second-order valence-corrected chi connectivity index (χ2v) is 9.93. The molecule has 0 aliphatic heterocycles. The van der Waals surface area contributed by atoms with E-state index in [1.54, 1.807) is 42.5 Å². The smallest absolute Gasteiger partial charge is 0.425 e. The predicted molar refractivity (Wildman–Crippen MR) is 154 cm³/mol. The summed E-state index contributed by atoms with van der Waals surface area (Å²) in [6.07, 6.45) is 18.3. The van der Waals surface area contributed by atoms with Crippen LogP contribution in [-0.4, -0.2) is 31.4 Å². The highest BCUT2D eigenvalue weighted by Gasteiger charge is 2.51. The van der Waals surface area contributed by atoms with Crippen LogP contribution in [0.4, 0.5) is 10.1 Å². The van der Waals surface area contributed by atoms with Crippen LogP contribution in [0.15, 0.2) is 54.6 Å². The Morgan fingerprint density at radius 1 is 0.718 bits per heavy atom. The molecular weight excluding hydrogens is 497 g/mol. The van der Waals surface area contributed by atoms with Gasteiger partial charge in [0.15, 0.2) is 0 Å². The molecule has 0 aliphatic carbocycles. The van der Waals surface area contributed by atoms with Crippen molar-refractivity contribution >= 4 is 17.6 Å². The van der Waals surface area contributed by atoms with Crippen molar-refractivity contribution in [3.63, 3.8) is 0 Å². The standard InChI is InChI=1S/C32H46FNO5/c1-3-4-5-6-7-8-9-10-11-12-13-14-15-19-26-38-28-24-22-27(23-25-28)34-30(35)32(33,31(36)37-2)39-29-20-17-16-18-21-29/h16-18,20-25H,3-15,19,26H2,1-2H3,(H,34,35). The van der Waals surface area contributed by atoms with Crippen LogP contribution in [-0.2, 0) is 14.3 Å². The van der Waals surface area contributed by atoms with Crippen LogP contribution in [0.1, 0.15) is 96.8 Å². The van der Waals surface area contributed by atoms with Crippen molar-refractivity contribution in [1.82, 2.24) is 0 Å². The number of hydrogen-bond acceptors (Lipinski definition) is 5. The molecule has 216 valence electrons. The second-order valence-electron chi connectivity index (χ2n) is 9.93. The molecule has 0 heterocycles. The first kappa shape index (κ1) is 32.1. The fraction of sp³-hybridized carbons (Fsp3) is 0.562. The number of hydrogen-bond donors (Lipinski definition) is 1. The van der Waals surface area contributed by atoms with Crippen molar-refractivity contribution in [2.45, 2.75) is 103 Å². The maximum absolute atomic E-state index is 15.3. The molecule has 0 saturated heterocycles. The number of methoxy groups -OCH3 is 1. The average molecular weight is 544 g/mol. The lowest BCUT2D eigenvalue weighted by molar-refractivity contribution is -0.181. The first-order chi connectivity index (χ1) is 19.0. The number of benzene rings is 2. The maximum atomic E-state index is 15.3. The summed E-state index contributed by atoms with van der Waals surface area (Å²) in [5.74, 6) is -5.39. The highest BCUT2D eigenvalue weighted by Crippen LogP contribution is 2.24. The second kappa shape index (κ2) is 19.0. The summed E-state index contributed by atoms with van der Waals surface area (Å²) in [7, 11) is 0.989.